The van der Waals surface area contributed by atoms with Crippen LogP contribution in [-0.4, -0.2) is 36.6 Å². The zero-order chi connectivity index (χ0) is 12.4. The Kier molecular flexibility index (Phi) is 4.25. The first-order chi connectivity index (χ1) is 8.84. The monoisotopic (exact) mass is 250 g/mol. The third-order valence-corrected chi connectivity index (χ3v) is 5.55. The van der Waals surface area contributed by atoms with Crippen molar-refractivity contribution in [3.63, 3.8) is 0 Å². The normalized spacial score (nSPS) is 34.3. The standard InChI is InChI=1S/C16H30N2/c1-18(15-6-4-2-3-5-7-15)16-11-8-13(16)12-17-14-9-10-14/h13-17H,2-12H2,1H3. The Bertz CT molecular complexity index is 254. The van der Waals surface area contributed by atoms with Gasteiger partial charge in [-0.1, -0.05) is 25.7 Å². The fraction of sp³-hybridized carbons (Fsp3) is 1.00. The maximum Gasteiger partial charge on any atom is 0.0136 e. The molecule has 0 aromatic carbocycles. The number of nitrogens with zero attached hydrogens (tertiary/aromatic N) is 1. The van der Waals surface area contributed by atoms with Crippen molar-refractivity contribution in [3.8, 4) is 0 Å². The molecule has 0 aromatic heterocycles. The van der Waals surface area contributed by atoms with Gasteiger partial charge in [0, 0.05) is 18.1 Å². The van der Waals surface area contributed by atoms with Gasteiger partial charge in [-0.3, -0.25) is 0 Å². The van der Waals surface area contributed by atoms with Gasteiger partial charge in [0.05, 0.1) is 0 Å². The zero-order valence-corrected chi connectivity index (χ0v) is 12.0. The average molecular weight is 250 g/mol. The molecule has 2 nitrogen and oxygen atoms in total. The van der Waals surface area contributed by atoms with Crippen LogP contribution in [0.5, 0.6) is 0 Å². The van der Waals surface area contributed by atoms with Crippen molar-refractivity contribution >= 4 is 0 Å². The molecule has 3 aliphatic carbocycles. The van der Waals surface area contributed by atoms with E-state index in [0.29, 0.717) is 0 Å². The molecule has 18 heavy (non-hydrogen) atoms. The number of hydrogen-bond acceptors (Lipinski definition) is 2. The number of nitrogens with one attached hydrogen (secondary N) is 1. The first kappa shape index (κ1) is 12.9. The van der Waals surface area contributed by atoms with E-state index in [1.165, 1.54) is 70.8 Å². The summed E-state index contributed by atoms with van der Waals surface area (Å²) in [7, 11) is 2.41. The lowest BCUT2D eigenvalue weighted by Gasteiger charge is -2.46. The van der Waals surface area contributed by atoms with E-state index in [-0.39, 0.29) is 0 Å². The molecule has 0 saturated heterocycles. The fourth-order valence-electron chi connectivity index (χ4n) is 3.87. The summed E-state index contributed by atoms with van der Waals surface area (Å²) in [5, 5.41) is 3.73. The second kappa shape index (κ2) is 5.92. The van der Waals surface area contributed by atoms with Crippen LogP contribution in [0.2, 0.25) is 0 Å². The smallest absolute Gasteiger partial charge is 0.0136 e. The molecule has 2 atom stereocenters. The van der Waals surface area contributed by atoms with Gasteiger partial charge in [-0.25, -0.2) is 0 Å². The Hall–Kier alpha value is -0.0800. The van der Waals surface area contributed by atoms with Crippen molar-refractivity contribution < 1.29 is 0 Å². The van der Waals surface area contributed by atoms with Crippen LogP contribution in [0.25, 0.3) is 0 Å². The molecule has 1 N–H and O–H groups in total. The van der Waals surface area contributed by atoms with Crippen LogP contribution >= 0.6 is 0 Å². The average Bonchev–Trinajstić information content (AvgIpc) is 3.14. The quantitative estimate of drug-likeness (QED) is 0.754. The molecule has 2 unspecified atom stereocenters. The lowest BCUT2D eigenvalue weighted by Crippen LogP contribution is -2.52. The summed E-state index contributed by atoms with van der Waals surface area (Å²) < 4.78 is 0. The van der Waals surface area contributed by atoms with Gasteiger partial charge < -0.3 is 10.2 Å². The Morgan fingerprint density at radius 2 is 1.61 bits per heavy atom. The van der Waals surface area contributed by atoms with E-state index < -0.39 is 0 Å². The highest BCUT2D eigenvalue weighted by molar-refractivity contribution is 4.93. The van der Waals surface area contributed by atoms with E-state index in [9.17, 15) is 0 Å². The van der Waals surface area contributed by atoms with Gasteiger partial charge in [0.25, 0.3) is 0 Å². The summed E-state index contributed by atoms with van der Waals surface area (Å²) in [6, 6.07) is 2.66. The molecule has 3 saturated carbocycles. The van der Waals surface area contributed by atoms with Crippen LogP contribution in [0.4, 0.5) is 0 Å². The molecule has 2 heteroatoms. The fourth-order valence-corrected chi connectivity index (χ4v) is 3.87. The summed E-state index contributed by atoms with van der Waals surface area (Å²) in [4.78, 5) is 2.76. The molecule has 3 aliphatic rings. The van der Waals surface area contributed by atoms with Crippen LogP contribution in [0.1, 0.15) is 64.2 Å². The van der Waals surface area contributed by atoms with Gasteiger partial charge in [-0.15, -0.1) is 0 Å². The first-order valence-electron chi connectivity index (χ1n) is 8.30. The molecule has 0 aliphatic heterocycles. The number of rotatable bonds is 5. The topological polar surface area (TPSA) is 15.3 Å². The molecule has 3 rings (SSSR count). The largest absolute Gasteiger partial charge is 0.314 e. The van der Waals surface area contributed by atoms with E-state index >= 15 is 0 Å². The third-order valence-electron chi connectivity index (χ3n) is 5.55. The molecule has 0 spiro atoms. The summed E-state index contributed by atoms with van der Waals surface area (Å²) in [6.45, 7) is 1.28. The SMILES string of the molecule is CN(C1CCCCCC1)C1CCC1CNC1CC1. The molecule has 0 radical (unpaired) electrons. The van der Waals surface area contributed by atoms with Crippen molar-refractivity contribution in [1.82, 2.24) is 10.2 Å². The maximum absolute atomic E-state index is 3.73. The van der Waals surface area contributed by atoms with Gasteiger partial charge in [0.2, 0.25) is 0 Å². The molecule has 3 fully saturated rings. The summed E-state index contributed by atoms with van der Waals surface area (Å²) >= 11 is 0. The number of hydrogen-bond donors (Lipinski definition) is 1. The van der Waals surface area contributed by atoms with Crippen molar-refractivity contribution in [2.24, 2.45) is 5.92 Å². The van der Waals surface area contributed by atoms with E-state index in [1.54, 1.807) is 0 Å². The van der Waals surface area contributed by atoms with Gasteiger partial charge >= 0.3 is 0 Å². The highest BCUT2D eigenvalue weighted by Crippen LogP contribution is 2.35. The van der Waals surface area contributed by atoms with Gasteiger partial charge in [0.1, 0.15) is 0 Å². The maximum atomic E-state index is 3.73. The lowest BCUT2D eigenvalue weighted by molar-refractivity contribution is 0.0439. The van der Waals surface area contributed by atoms with Gasteiger partial charge in [-0.2, -0.15) is 0 Å². The minimum absolute atomic E-state index is 0.884. The second-order valence-electron chi connectivity index (χ2n) is 6.90. The van der Waals surface area contributed by atoms with Crippen LogP contribution in [0.15, 0.2) is 0 Å². The molecule has 0 heterocycles. The first-order valence-corrected chi connectivity index (χ1v) is 8.30. The molecule has 0 bridgehead atoms. The molecule has 104 valence electrons. The van der Waals surface area contributed by atoms with Gasteiger partial charge in [-0.05, 0) is 58.0 Å². The Morgan fingerprint density at radius 1 is 0.889 bits per heavy atom. The zero-order valence-electron chi connectivity index (χ0n) is 12.0. The summed E-state index contributed by atoms with van der Waals surface area (Å²) in [5.41, 5.74) is 0. The van der Waals surface area contributed by atoms with Crippen LogP contribution in [-0.2, 0) is 0 Å². The highest BCUT2D eigenvalue weighted by Gasteiger charge is 2.37. The van der Waals surface area contributed by atoms with Crippen LogP contribution in [0.3, 0.4) is 0 Å². The van der Waals surface area contributed by atoms with E-state index in [1.807, 2.05) is 0 Å². The molecular weight excluding hydrogens is 220 g/mol. The molecule has 0 amide bonds. The predicted octanol–water partition coefficient (Wildman–Crippen LogP) is 3.17. The second-order valence-corrected chi connectivity index (χ2v) is 6.90. The summed E-state index contributed by atoms with van der Waals surface area (Å²) in [6.07, 6.45) is 14.5. The van der Waals surface area contributed by atoms with E-state index in [2.05, 4.69) is 17.3 Å². The Morgan fingerprint density at radius 3 is 2.17 bits per heavy atom. The van der Waals surface area contributed by atoms with Crippen molar-refractivity contribution in [2.75, 3.05) is 13.6 Å². The van der Waals surface area contributed by atoms with Gasteiger partial charge in [0.15, 0.2) is 0 Å². The molecular formula is C16H30N2. The Balaban J connectivity index is 1.46. The predicted molar refractivity (Wildman–Crippen MR) is 76.8 cm³/mol. The Labute approximate surface area is 113 Å². The molecule has 0 aromatic rings. The summed E-state index contributed by atoms with van der Waals surface area (Å²) in [5.74, 6) is 0.943. The highest BCUT2D eigenvalue weighted by atomic mass is 15.2. The third kappa shape index (κ3) is 3.08. The van der Waals surface area contributed by atoms with Crippen molar-refractivity contribution in [2.45, 2.75) is 82.3 Å². The van der Waals surface area contributed by atoms with Crippen molar-refractivity contribution in [3.05, 3.63) is 0 Å². The van der Waals surface area contributed by atoms with Crippen LogP contribution < -0.4 is 5.32 Å². The minimum atomic E-state index is 0.884. The minimum Gasteiger partial charge on any atom is -0.314 e. The lowest BCUT2D eigenvalue weighted by atomic mass is 9.77. The van der Waals surface area contributed by atoms with Crippen molar-refractivity contribution in [1.29, 1.82) is 0 Å². The van der Waals surface area contributed by atoms with E-state index in [0.717, 1.165) is 24.0 Å². The van der Waals surface area contributed by atoms with E-state index in [4.69, 9.17) is 0 Å². The van der Waals surface area contributed by atoms with Crippen LogP contribution in [0, 0.1) is 5.92 Å².